The average Bonchev–Trinajstić information content (AvgIpc) is 3.12. The molecule has 0 aliphatic carbocycles. The number of allylic oxidation sites excluding steroid dienone is 1. The first kappa shape index (κ1) is 25.8. The fourth-order valence-electron chi connectivity index (χ4n) is 4.40. The van der Waals surface area contributed by atoms with Crippen LogP contribution in [-0.4, -0.2) is 17.1 Å². The predicted octanol–water partition coefficient (Wildman–Crippen LogP) is 5.22. The number of carbonyl (C=O) groups is 1. The maximum Gasteiger partial charge on any atom is 0.338 e. The molecule has 0 fully saturated rings. The lowest BCUT2D eigenvalue weighted by Crippen LogP contribution is -2.39. The van der Waals surface area contributed by atoms with Gasteiger partial charge in [-0.05, 0) is 53.5 Å². The van der Waals surface area contributed by atoms with Crippen molar-refractivity contribution in [2.45, 2.75) is 65.8 Å². The molecule has 0 N–H and O–H groups in total. The Balaban J connectivity index is 1.88. The molecule has 3 aromatic rings. The molecule has 0 radical (unpaired) electrons. The van der Waals surface area contributed by atoms with Crippen molar-refractivity contribution in [1.29, 1.82) is 0 Å². The predicted molar refractivity (Wildman–Crippen MR) is 146 cm³/mol. The molecule has 0 saturated heterocycles. The van der Waals surface area contributed by atoms with Crippen molar-refractivity contribution in [3.05, 3.63) is 102 Å². The zero-order valence-electron chi connectivity index (χ0n) is 22.1. The molecule has 4 rings (SSSR count). The number of aromatic nitrogens is 1. The summed E-state index contributed by atoms with van der Waals surface area (Å²) < 4.78 is 7.61. The molecule has 0 saturated carbocycles. The summed E-state index contributed by atoms with van der Waals surface area (Å²) in [6, 6.07) is 15.8. The number of hydrogen-bond acceptors (Lipinski definition) is 5. The highest BCUT2D eigenvalue weighted by atomic mass is 32.1. The minimum atomic E-state index is -0.591. The van der Waals surface area contributed by atoms with Gasteiger partial charge < -0.3 is 4.74 Å². The number of thiazole rings is 1. The molecule has 188 valence electrons. The number of nitrogens with zero attached hydrogens (tertiary/aromatic N) is 2. The molecule has 36 heavy (non-hydrogen) atoms. The largest absolute Gasteiger partial charge is 0.463 e. The van der Waals surface area contributed by atoms with Gasteiger partial charge in [0.15, 0.2) is 4.80 Å². The van der Waals surface area contributed by atoms with Gasteiger partial charge in [-0.15, -0.1) is 0 Å². The van der Waals surface area contributed by atoms with Crippen molar-refractivity contribution in [2.75, 3.05) is 6.61 Å². The van der Waals surface area contributed by atoms with Gasteiger partial charge in [0.1, 0.15) is 0 Å². The van der Waals surface area contributed by atoms with Gasteiger partial charge in [0, 0.05) is 0 Å². The Labute approximate surface area is 216 Å². The Kier molecular flexibility index (Phi) is 7.19. The molecule has 1 aromatic heterocycles. The number of rotatable bonds is 5. The van der Waals surface area contributed by atoms with Crippen LogP contribution in [0.1, 0.15) is 82.7 Å². The van der Waals surface area contributed by atoms with Crippen molar-refractivity contribution >= 4 is 23.4 Å². The van der Waals surface area contributed by atoms with E-state index in [2.05, 4.69) is 63.9 Å². The summed E-state index contributed by atoms with van der Waals surface area (Å²) in [5.74, 6) is -0.0590. The third kappa shape index (κ3) is 5.00. The number of hydrogen-bond donors (Lipinski definition) is 0. The molecule has 6 heteroatoms. The highest BCUT2D eigenvalue weighted by molar-refractivity contribution is 7.07. The van der Waals surface area contributed by atoms with E-state index < -0.39 is 12.0 Å². The van der Waals surface area contributed by atoms with Crippen LogP contribution in [-0.2, 0) is 14.9 Å². The van der Waals surface area contributed by atoms with Gasteiger partial charge in [-0.25, -0.2) is 9.79 Å². The van der Waals surface area contributed by atoms with Gasteiger partial charge in [0.25, 0.3) is 5.56 Å². The summed E-state index contributed by atoms with van der Waals surface area (Å²) in [5.41, 5.74) is 5.13. The van der Waals surface area contributed by atoms with Crippen LogP contribution in [0.4, 0.5) is 0 Å². The van der Waals surface area contributed by atoms with Crippen LogP contribution in [0.5, 0.6) is 0 Å². The summed E-state index contributed by atoms with van der Waals surface area (Å²) >= 11 is 1.35. The number of benzene rings is 2. The smallest absolute Gasteiger partial charge is 0.338 e. The molecule has 2 aromatic carbocycles. The maximum absolute atomic E-state index is 13.7. The van der Waals surface area contributed by atoms with Gasteiger partial charge in [0.2, 0.25) is 0 Å². The zero-order valence-corrected chi connectivity index (χ0v) is 22.9. The molecule has 1 aliphatic heterocycles. The van der Waals surface area contributed by atoms with Crippen LogP contribution in [0.2, 0.25) is 0 Å². The summed E-state index contributed by atoms with van der Waals surface area (Å²) in [6.07, 6.45) is 1.90. The van der Waals surface area contributed by atoms with Crippen LogP contribution >= 0.6 is 11.3 Å². The summed E-state index contributed by atoms with van der Waals surface area (Å²) in [4.78, 5) is 32.0. The van der Waals surface area contributed by atoms with E-state index in [-0.39, 0.29) is 17.6 Å². The zero-order chi connectivity index (χ0) is 26.2. The third-order valence-electron chi connectivity index (χ3n) is 6.51. The van der Waals surface area contributed by atoms with Crippen molar-refractivity contribution in [3.63, 3.8) is 0 Å². The van der Waals surface area contributed by atoms with Gasteiger partial charge >= 0.3 is 5.97 Å². The standard InChI is InChI=1S/C30H34N2O3S/c1-8-35-28(34)25-19(4)31-29-32(26(25)22-13-11-21(12-14-22)18(2)3)27(33)24(36-29)17-20-9-15-23(16-10-20)30(5,6)7/h9-18,26H,8H2,1-7H3. The third-order valence-corrected chi connectivity index (χ3v) is 7.49. The number of fused-ring (bicyclic) bond motifs is 1. The van der Waals surface area contributed by atoms with E-state index in [1.54, 1.807) is 11.5 Å². The summed E-state index contributed by atoms with van der Waals surface area (Å²) in [6.45, 7) is 14.7. The maximum atomic E-state index is 13.7. The van der Waals surface area contributed by atoms with E-state index in [9.17, 15) is 9.59 Å². The van der Waals surface area contributed by atoms with Crippen LogP contribution in [0.15, 0.2) is 69.6 Å². The molecule has 1 atom stereocenters. The SMILES string of the molecule is CCOC(=O)C1=C(C)N=c2sc(=Cc3ccc(C(C)(C)C)cc3)c(=O)n2C1c1ccc(C(C)C)cc1. The van der Waals surface area contributed by atoms with Crippen molar-refractivity contribution < 1.29 is 9.53 Å². The molecule has 1 unspecified atom stereocenters. The normalized spacial score (nSPS) is 16.2. The van der Waals surface area contributed by atoms with Crippen LogP contribution in [0, 0.1) is 0 Å². The molecule has 1 aliphatic rings. The van der Waals surface area contributed by atoms with Gasteiger partial charge in [-0.2, -0.15) is 0 Å². The molecular formula is C30H34N2O3S. The van der Waals surface area contributed by atoms with Crippen LogP contribution in [0.25, 0.3) is 6.08 Å². The van der Waals surface area contributed by atoms with Gasteiger partial charge in [-0.3, -0.25) is 9.36 Å². The molecule has 5 nitrogen and oxygen atoms in total. The summed E-state index contributed by atoms with van der Waals surface area (Å²) in [7, 11) is 0. The molecule has 0 bridgehead atoms. The van der Waals surface area contributed by atoms with E-state index in [1.807, 2.05) is 37.3 Å². The van der Waals surface area contributed by atoms with Crippen LogP contribution in [0.3, 0.4) is 0 Å². The van der Waals surface area contributed by atoms with Crippen LogP contribution < -0.4 is 14.9 Å². The van der Waals surface area contributed by atoms with E-state index >= 15 is 0 Å². The second kappa shape index (κ2) is 10.0. The van der Waals surface area contributed by atoms with Gasteiger partial charge in [0.05, 0.1) is 28.5 Å². The van der Waals surface area contributed by atoms with E-state index in [0.29, 0.717) is 26.5 Å². The molecule has 0 spiro atoms. The lowest BCUT2D eigenvalue weighted by Gasteiger charge is -2.25. The van der Waals surface area contributed by atoms with Gasteiger partial charge in [-0.1, -0.05) is 94.5 Å². The second-order valence-electron chi connectivity index (χ2n) is 10.5. The number of ether oxygens (including phenoxy) is 1. The fraction of sp³-hybridized carbons (Fsp3) is 0.367. The molecule has 2 heterocycles. The first-order valence-corrected chi connectivity index (χ1v) is 13.2. The van der Waals surface area contributed by atoms with E-state index in [0.717, 1.165) is 11.1 Å². The summed E-state index contributed by atoms with van der Waals surface area (Å²) in [5, 5.41) is 0. The lowest BCUT2D eigenvalue weighted by molar-refractivity contribution is -0.139. The fourth-order valence-corrected chi connectivity index (χ4v) is 5.45. The minimum absolute atomic E-state index is 0.0595. The van der Waals surface area contributed by atoms with E-state index in [1.165, 1.54) is 22.5 Å². The Morgan fingerprint density at radius 1 is 1.11 bits per heavy atom. The quantitative estimate of drug-likeness (QED) is 0.450. The Bertz CT molecular complexity index is 1480. The Hall–Kier alpha value is -3.25. The van der Waals surface area contributed by atoms with Crippen molar-refractivity contribution in [1.82, 2.24) is 4.57 Å². The first-order valence-electron chi connectivity index (χ1n) is 12.4. The Morgan fingerprint density at radius 2 is 1.75 bits per heavy atom. The first-order chi connectivity index (χ1) is 17.0. The van der Waals surface area contributed by atoms with Crippen molar-refractivity contribution in [3.8, 4) is 0 Å². The van der Waals surface area contributed by atoms with Crippen molar-refractivity contribution in [2.24, 2.45) is 4.99 Å². The minimum Gasteiger partial charge on any atom is -0.463 e. The molecule has 0 amide bonds. The number of esters is 1. The number of carbonyl (C=O) groups excluding carboxylic acids is 1. The second-order valence-corrected chi connectivity index (χ2v) is 11.5. The lowest BCUT2D eigenvalue weighted by atomic mass is 9.87. The Morgan fingerprint density at radius 3 is 2.31 bits per heavy atom. The van der Waals surface area contributed by atoms with E-state index in [4.69, 9.17) is 4.74 Å². The highest BCUT2D eigenvalue weighted by Crippen LogP contribution is 2.31. The monoisotopic (exact) mass is 502 g/mol. The molecular weight excluding hydrogens is 468 g/mol. The average molecular weight is 503 g/mol. The highest BCUT2D eigenvalue weighted by Gasteiger charge is 2.33. The topological polar surface area (TPSA) is 60.7 Å².